The Kier molecular flexibility index (Phi) is 3.65. The molecule has 1 aromatic carbocycles. The summed E-state index contributed by atoms with van der Waals surface area (Å²) in [5.41, 5.74) is 1.54. The molecule has 3 aromatic heterocycles. The van der Waals surface area contributed by atoms with E-state index in [2.05, 4.69) is 20.3 Å². The molecule has 0 aliphatic carbocycles. The number of rotatable bonds is 4. The molecular formula is C16H10FN5O3. The minimum absolute atomic E-state index is 0.149. The highest BCUT2D eigenvalue weighted by atomic mass is 19.1. The predicted octanol–water partition coefficient (Wildman–Crippen LogP) is 2.28. The summed E-state index contributed by atoms with van der Waals surface area (Å²) >= 11 is 0. The van der Waals surface area contributed by atoms with E-state index in [0.29, 0.717) is 16.8 Å². The van der Waals surface area contributed by atoms with Crippen molar-refractivity contribution in [1.29, 1.82) is 0 Å². The lowest BCUT2D eigenvalue weighted by Crippen LogP contribution is -2.07. The Balaban J connectivity index is 1.44. The average Bonchev–Trinajstić information content (AvgIpc) is 3.29. The number of pyridine rings is 1. The van der Waals surface area contributed by atoms with Gasteiger partial charge in [0.2, 0.25) is 5.82 Å². The number of carbonyl (C=O) groups excluding carboxylic acids is 1. The van der Waals surface area contributed by atoms with Crippen molar-refractivity contribution in [2.75, 3.05) is 0 Å². The topological polar surface area (TPSA) is 95.4 Å². The number of carbonyl (C=O) groups is 1. The van der Waals surface area contributed by atoms with Gasteiger partial charge >= 0.3 is 5.97 Å². The third-order valence-electron chi connectivity index (χ3n) is 3.42. The van der Waals surface area contributed by atoms with Gasteiger partial charge in [-0.25, -0.2) is 9.18 Å². The van der Waals surface area contributed by atoms with Crippen molar-refractivity contribution in [3.05, 3.63) is 66.1 Å². The van der Waals surface area contributed by atoms with Crippen LogP contribution >= 0.6 is 0 Å². The van der Waals surface area contributed by atoms with Gasteiger partial charge in [-0.05, 0) is 36.4 Å². The highest BCUT2D eigenvalue weighted by molar-refractivity contribution is 5.89. The first-order chi connectivity index (χ1) is 12.2. The monoisotopic (exact) mass is 339 g/mol. The van der Waals surface area contributed by atoms with Gasteiger partial charge in [0.1, 0.15) is 12.1 Å². The first-order valence-electron chi connectivity index (χ1n) is 7.24. The van der Waals surface area contributed by atoms with E-state index in [1.165, 1.54) is 30.6 Å². The van der Waals surface area contributed by atoms with Crippen LogP contribution in [-0.4, -0.2) is 30.7 Å². The zero-order valence-electron chi connectivity index (χ0n) is 12.7. The number of esters is 1. The predicted molar refractivity (Wildman–Crippen MR) is 81.8 cm³/mol. The molecule has 0 spiro atoms. The summed E-state index contributed by atoms with van der Waals surface area (Å²) in [4.78, 5) is 16.2. The maximum atomic E-state index is 12.9. The van der Waals surface area contributed by atoms with Crippen molar-refractivity contribution >= 4 is 11.6 Å². The molecule has 0 fully saturated rings. The maximum Gasteiger partial charge on any atom is 0.340 e. The van der Waals surface area contributed by atoms with Gasteiger partial charge in [-0.3, -0.25) is 4.40 Å². The second-order valence-corrected chi connectivity index (χ2v) is 5.11. The Labute approximate surface area is 139 Å². The van der Waals surface area contributed by atoms with Gasteiger partial charge in [0.05, 0.1) is 5.56 Å². The fraction of sp³-hybridized carbons (Fsp3) is 0.0625. The SMILES string of the molecule is O=C(OCc1noc(-c2ccc(F)cc2)n1)c1ccc2nncn2c1. The summed E-state index contributed by atoms with van der Waals surface area (Å²) in [5, 5.41) is 11.3. The van der Waals surface area contributed by atoms with E-state index in [4.69, 9.17) is 9.26 Å². The van der Waals surface area contributed by atoms with Crippen LogP contribution in [0.1, 0.15) is 16.2 Å². The van der Waals surface area contributed by atoms with Crippen molar-refractivity contribution in [2.45, 2.75) is 6.61 Å². The van der Waals surface area contributed by atoms with Crippen LogP contribution in [0.25, 0.3) is 17.1 Å². The van der Waals surface area contributed by atoms with Crippen LogP contribution in [-0.2, 0) is 11.3 Å². The van der Waals surface area contributed by atoms with Crippen LogP contribution in [0.3, 0.4) is 0 Å². The van der Waals surface area contributed by atoms with Gasteiger partial charge < -0.3 is 9.26 Å². The standard InChI is InChI=1S/C16H10FN5O3/c17-12-4-1-10(2-5-12)15-19-13(21-25-15)8-24-16(23)11-3-6-14-20-18-9-22(14)7-11/h1-7,9H,8H2. The molecule has 0 N–H and O–H groups in total. The number of halogens is 1. The van der Waals surface area contributed by atoms with Crippen LogP contribution in [0.15, 0.2) is 53.4 Å². The summed E-state index contributed by atoms with van der Waals surface area (Å²) in [6, 6.07) is 8.87. The minimum Gasteiger partial charge on any atom is -0.454 e. The van der Waals surface area contributed by atoms with E-state index in [-0.39, 0.29) is 24.1 Å². The van der Waals surface area contributed by atoms with Crippen LogP contribution in [0.5, 0.6) is 0 Å². The first kappa shape index (κ1) is 14.9. The second-order valence-electron chi connectivity index (χ2n) is 5.11. The molecule has 4 rings (SSSR count). The van der Waals surface area contributed by atoms with Gasteiger partial charge in [-0.2, -0.15) is 4.98 Å². The molecule has 0 saturated heterocycles. The second kappa shape index (κ2) is 6.11. The summed E-state index contributed by atoms with van der Waals surface area (Å²) in [6.07, 6.45) is 3.05. The van der Waals surface area contributed by atoms with Gasteiger partial charge in [0.15, 0.2) is 12.3 Å². The van der Waals surface area contributed by atoms with Gasteiger partial charge in [-0.15, -0.1) is 10.2 Å². The van der Waals surface area contributed by atoms with E-state index in [1.54, 1.807) is 22.7 Å². The fourth-order valence-electron chi connectivity index (χ4n) is 2.18. The van der Waals surface area contributed by atoms with Crippen molar-refractivity contribution in [1.82, 2.24) is 24.7 Å². The third-order valence-corrected chi connectivity index (χ3v) is 3.42. The van der Waals surface area contributed by atoms with Crippen molar-refractivity contribution in [3.8, 4) is 11.5 Å². The molecule has 3 heterocycles. The zero-order chi connectivity index (χ0) is 17.2. The summed E-state index contributed by atoms with van der Waals surface area (Å²) in [5.74, 6) is -0.471. The highest BCUT2D eigenvalue weighted by Gasteiger charge is 2.13. The summed E-state index contributed by atoms with van der Waals surface area (Å²) < 4.78 is 24.8. The Hall–Kier alpha value is -3.62. The van der Waals surface area contributed by atoms with Crippen LogP contribution in [0.2, 0.25) is 0 Å². The average molecular weight is 339 g/mol. The molecule has 124 valence electrons. The highest BCUT2D eigenvalue weighted by Crippen LogP contribution is 2.17. The van der Waals surface area contributed by atoms with E-state index in [0.717, 1.165) is 0 Å². The number of benzene rings is 1. The Morgan fingerprint density at radius 3 is 2.88 bits per heavy atom. The number of ether oxygens (including phenoxy) is 1. The number of nitrogens with zero attached hydrogens (tertiary/aromatic N) is 5. The third kappa shape index (κ3) is 3.07. The Morgan fingerprint density at radius 1 is 1.20 bits per heavy atom. The number of aromatic nitrogens is 5. The van der Waals surface area contributed by atoms with E-state index in [9.17, 15) is 9.18 Å². The molecule has 8 nitrogen and oxygen atoms in total. The van der Waals surface area contributed by atoms with Gasteiger partial charge in [0, 0.05) is 11.8 Å². The smallest absolute Gasteiger partial charge is 0.340 e. The van der Waals surface area contributed by atoms with Gasteiger partial charge in [0.25, 0.3) is 5.89 Å². The van der Waals surface area contributed by atoms with Crippen LogP contribution in [0.4, 0.5) is 4.39 Å². The lowest BCUT2D eigenvalue weighted by atomic mass is 10.2. The Bertz CT molecular complexity index is 1040. The first-order valence-corrected chi connectivity index (χ1v) is 7.24. The molecule has 0 atom stereocenters. The minimum atomic E-state index is -0.538. The van der Waals surface area contributed by atoms with Gasteiger partial charge in [-0.1, -0.05) is 5.16 Å². The lowest BCUT2D eigenvalue weighted by Gasteiger charge is -2.02. The molecule has 0 radical (unpaired) electrons. The molecule has 4 aromatic rings. The normalized spacial score (nSPS) is 10.9. The van der Waals surface area contributed by atoms with Crippen molar-refractivity contribution < 1.29 is 18.4 Å². The largest absolute Gasteiger partial charge is 0.454 e. The number of hydrogen-bond donors (Lipinski definition) is 0. The maximum absolute atomic E-state index is 12.9. The molecule has 0 amide bonds. The number of fused-ring (bicyclic) bond motifs is 1. The lowest BCUT2D eigenvalue weighted by molar-refractivity contribution is 0.0459. The molecule has 0 bridgehead atoms. The molecule has 0 aliphatic heterocycles. The molecule has 25 heavy (non-hydrogen) atoms. The molecule has 9 heteroatoms. The molecule has 0 saturated carbocycles. The number of hydrogen-bond acceptors (Lipinski definition) is 7. The van der Waals surface area contributed by atoms with E-state index < -0.39 is 5.97 Å². The Morgan fingerprint density at radius 2 is 2.04 bits per heavy atom. The molecule has 0 unspecified atom stereocenters. The molecule has 0 aliphatic rings. The summed E-state index contributed by atoms with van der Waals surface area (Å²) in [6.45, 7) is -0.149. The van der Waals surface area contributed by atoms with E-state index in [1.807, 2.05) is 0 Å². The van der Waals surface area contributed by atoms with Crippen LogP contribution in [0, 0.1) is 5.82 Å². The summed E-state index contributed by atoms with van der Waals surface area (Å²) in [7, 11) is 0. The molecular weight excluding hydrogens is 329 g/mol. The van der Waals surface area contributed by atoms with Crippen LogP contribution < -0.4 is 0 Å². The van der Waals surface area contributed by atoms with E-state index >= 15 is 0 Å². The fourth-order valence-corrected chi connectivity index (χ4v) is 2.18. The van der Waals surface area contributed by atoms with Crippen molar-refractivity contribution in [2.24, 2.45) is 0 Å². The quantitative estimate of drug-likeness (QED) is 0.526. The zero-order valence-corrected chi connectivity index (χ0v) is 12.7. The van der Waals surface area contributed by atoms with Crippen molar-refractivity contribution in [3.63, 3.8) is 0 Å².